The maximum absolute atomic E-state index is 6.06. The van der Waals surface area contributed by atoms with Gasteiger partial charge in [-0.3, -0.25) is 0 Å². The summed E-state index contributed by atoms with van der Waals surface area (Å²) in [6.07, 6.45) is 1.73. The average molecular weight is 228 g/mol. The van der Waals surface area contributed by atoms with Crippen molar-refractivity contribution < 1.29 is 0 Å². The molecule has 0 fully saturated rings. The Balaban J connectivity index is 1.95. The molecule has 0 amide bonds. The molecular formula is C13H16N4. The Kier molecular flexibility index (Phi) is 3.67. The van der Waals surface area contributed by atoms with Gasteiger partial charge >= 0.3 is 0 Å². The van der Waals surface area contributed by atoms with Crippen molar-refractivity contribution in [1.82, 2.24) is 9.97 Å². The average Bonchev–Trinajstić information content (AvgIpc) is 2.37. The minimum Gasteiger partial charge on any atom is -0.352 e. The van der Waals surface area contributed by atoms with Crippen LogP contribution in [-0.2, 0) is 0 Å². The Morgan fingerprint density at radius 3 is 2.71 bits per heavy atom. The Labute approximate surface area is 101 Å². The Morgan fingerprint density at radius 1 is 1.24 bits per heavy atom. The second-order valence-electron chi connectivity index (χ2n) is 3.92. The molecule has 0 aliphatic heterocycles. The van der Waals surface area contributed by atoms with E-state index >= 15 is 0 Å². The molecule has 1 aromatic heterocycles. The van der Waals surface area contributed by atoms with Crippen LogP contribution in [0.3, 0.4) is 0 Å². The molecule has 4 nitrogen and oxygen atoms in total. The van der Waals surface area contributed by atoms with E-state index in [1.54, 1.807) is 6.20 Å². The third-order valence-corrected chi connectivity index (χ3v) is 2.50. The van der Waals surface area contributed by atoms with Gasteiger partial charge in [-0.1, -0.05) is 30.3 Å². The van der Waals surface area contributed by atoms with E-state index in [1.165, 1.54) is 0 Å². The van der Waals surface area contributed by atoms with Gasteiger partial charge in [-0.2, -0.15) is 0 Å². The van der Waals surface area contributed by atoms with Crippen LogP contribution in [0, 0.1) is 6.92 Å². The zero-order valence-electron chi connectivity index (χ0n) is 9.80. The summed E-state index contributed by atoms with van der Waals surface area (Å²) in [7, 11) is 0. The monoisotopic (exact) mass is 228 g/mol. The first-order valence-electron chi connectivity index (χ1n) is 5.60. The number of hydrogen-bond donors (Lipinski definition) is 2. The molecule has 1 aromatic carbocycles. The highest BCUT2D eigenvalue weighted by Crippen LogP contribution is 2.09. The summed E-state index contributed by atoms with van der Waals surface area (Å²) in [6, 6.07) is 11.8. The van der Waals surface area contributed by atoms with E-state index in [2.05, 4.69) is 15.3 Å². The topological polar surface area (TPSA) is 63.8 Å². The Morgan fingerprint density at radius 2 is 2.00 bits per heavy atom. The van der Waals surface area contributed by atoms with E-state index in [9.17, 15) is 0 Å². The molecule has 0 aliphatic rings. The van der Waals surface area contributed by atoms with Crippen LogP contribution in [0.15, 0.2) is 42.6 Å². The molecule has 0 saturated heterocycles. The summed E-state index contributed by atoms with van der Waals surface area (Å²) in [5, 5.41) is 3.14. The number of anilines is 1. The maximum Gasteiger partial charge on any atom is 0.222 e. The van der Waals surface area contributed by atoms with Crippen molar-refractivity contribution >= 4 is 5.95 Å². The minimum absolute atomic E-state index is 0.0553. The fourth-order valence-corrected chi connectivity index (χ4v) is 1.55. The molecule has 0 aliphatic carbocycles. The van der Waals surface area contributed by atoms with Crippen molar-refractivity contribution in [3.05, 3.63) is 53.9 Å². The minimum atomic E-state index is -0.0553. The highest BCUT2D eigenvalue weighted by atomic mass is 15.1. The molecule has 0 saturated carbocycles. The number of hydrogen-bond acceptors (Lipinski definition) is 4. The SMILES string of the molecule is Cc1ccnc(NCC(N)c2ccccc2)n1. The lowest BCUT2D eigenvalue weighted by Crippen LogP contribution is -2.21. The van der Waals surface area contributed by atoms with Gasteiger partial charge in [0.25, 0.3) is 0 Å². The molecule has 88 valence electrons. The van der Waals surface area contributed by atoms with Crippen LogP contribution >= 0.6 is 0 Å². The smallest absolute Gasteiger partial charge is 0.222 e. The number of aryl methyl sites for hydroxylation is 1. The molecule has 0 radical (unpaired) electrons. The maximum atomic E-state index is 6.06. The van der Waals surface area contributed by atoms with Crippen LogP contribution in [-0.4, -0.2) is 16.5 Å². The molecule has 0 spiro atoms. The van der Waals surface area contributed by atoms with Crippen molar-refractivity contribution in [2.75, 3.05) is 11.9 Å². The molecule has 17 heavy (non-hydrogen) atoms. The summed E-state index contributed by atoms with van der Waals surface area (Å²) in [4.78, 5) is 8.39. The van der Waals surface area contributed by atoms with Gasteiger partial charge in [0.05, 0.1) is 0 Å². The van der Waals surface area contributed by atoms with Crippen molar-refractivity contribution in [3.63, 3.8) is 0 Å². The normalized spacial score (nSPS) is 12.1. The first-order valence-corrected chi connectivity index (χ1v) is 5.60. The summed E-state index contributed by atoms with van der Waals surface area (Å²) < 4.78 is 0. The Hall–Kier alpha value is -1.94. The number of nitrogens with two attached hydrogens (primary N) is 1. The van der Waals surface area contributed by atoms with Crippen LogP contribution in [0.2, 0.25) is 0 Å². The van der Waals surface area contributed by atoms with Gasteiger partial charge in [0, 0.05) is 24.5 Å². The summed E-state index contributed by atoms with van der Waals surface area (Å²) in [5.74, 6) is 0.622. The quantitative estimate of drug-likeness (QED) is 0.839. The van der Waals surface area contributed by atoms with Gasteiger partial charge < -0.3 is 11.1 Å². The first-order chi connectivity index (χ1) is 8.25. The number of benzene rings is 1. The fraction of sp³-hybridized carbons (Fsp3) is 0.231. The van der Waals surface area contributed by atoms with Gasteiger partial charge in [-0.15, -0.1) is 0 Å². The van der Waals surface area contributed by atoms with E-state index in [4.69, 9.17) is 5.73 Å². The third-order valence-electron chi connectivity index (χ3n) is 2.50. The predicted molar refractivity (Wildman–Crippen MR) is 68.6 cm³/mol. The molecule has 0 bridgehead atoms. The number of aromatic nitrogens is 2. The molecule has 1 atom stereocenters. The van der Waals surface area contributed by atoms with E-state index < -0.39 is 0 Å². The van der Waals surface area contributed by atoms with Gasteiger partial charge in [0.15, 0.2) is 0 Å². The third kappa shape index (κ3) is 3.26. The molecule has 1 heterocycles. The zero-order chi connectivity index (χ0) is 12.1. The fourth-order valence-electron chi connectivity index (χ4n) is 1.55. The van der Waals surface area contributed by atoms with E-state index in [1.807, 2.05) is 43.3 Å². The molecule has 1 unspecified atom stereocenters. The van der Waals surface area contributed by atoms with E-state index in [0.717, 1.165) is 11.3 Å². The summed E-state index contributed by atoms with van der Waals surface area (Å²) in [5.41, 5.74) is 8.11. The van der Waals surface area contributed by atoms with Crippen molar-refractivity contribution in [3.8, 4) is 0 Å². The molecular weight excluding hydrogens is 212 g/mol. The van der Waals surface area contributed by atoms with Crippen LogP contribution in [0.5, 0.6) is 0 Å². The van der Waals surface area contributed by atoms with Crippen molar-refractivity contribution in [2.45, 2.75) is 13.0 Å². The van der Waals surface area contributed by atoms with Gasteiger partial charge in [-0.05, 0) is 18.6 Å². The van der Waals surface area contributed by atoms with Gasteiger partial charge in [0.2, 0.25) is 5.95 Å². The predicted octanol–water partition coefficient (Wildman–Crippen LogP) is 1.90. The van der Waals surface area contributed by atoms with E-state index in [-0.39, 0.29) is 6.04 Å². The van der Waals surface area contributed by atoms with Gasteiger partial charge in [0.1, 0.15) is 0 Å². The lowest BCUT2D eigenvalue weighted by Gasteiger charge is -2.12. The van der Waals surface area contributed by atoms with Crippen molar-refractivity contribution in [1.29, 1.82) is 0 Å². The number of rotatable bonds is 4. The first kappa shape index (κ1) is 11.5. The highest BCUT2D eigenvalue weighted by molar-refractivity contribution is 5.27. The Bertz CT molecular complexity index is 470. The van der Waals surface area contributed by atoms with E-state index in [0.29, 0.717) is 12.5 Å². The molecule has 4 heteroatoms. The lowest BCUT2D eigenvalue weighted by molar-refractivity contribution is 0.757. The number of nitrogens with one attached hydrogen (secondary N) is 1. The zero-order valence-corrected chi connectivity index (χ0v) is 9.80. The largest absolute Gasteiger partial charge is 0.352 e. The van der Waals surface area contributed by atoms with Crippen LogP contribution in [0.1, 0.15) is 17.3 Å². The molecule has 3 N–H and O–H groups in total. The molecule has 2 rings (SSSR count). The van der Waals surface area contributed by atoms with Crippen molar-refractivity contribution in [2.24, 2.45) is 5.73 Å². The number of nitrogens with zero attached hydrogens (tertiary/aromatic N) is 2. The summed E-state index contributed by atoms with van der Waals surface area (Å²) in [6.45, 7) is 2.55. The van der Waals surface area contributed by atoms with Crippen LogP contribution in [0.25, 0.3) is 0 Å². The summed E-state index contributed by atoms with van der Waals surface area (Å²) >= 11 is 0. The molecule has 2 aromatic rings. The van der Waals surface area contributed by atoms with Crippen LogP contribution < -0.4 is 11.1 Å². The lowest BCUT2D eigenvalue weighted by atomic mass is 10.1. The second-order valence-corrected chi connectivity index (χ2v) is 3.92. The standard InChI is InChI=1S/C13H16N4/c1-10-7-8-15-13(17-10)16-9-12(14)11-5-3-2-4-6-11/h2-8,12H,9,14H2,1H3,(H,15,16,17). The highest BCUT2D eigenvalue weighted by Gasteiger charge is 2.05. The van der Waals surface area contributed by atoms with Crippen LogP contribution in [0.4, 0.5) is 5.95 Å². The van der Waals surface area contributed by atoms with Gasteiger partial charge in [-0.25, -0.2) is 9.97 Å². The second kappa shape index (κ2) is 5.41.